The summed E-state index contributed by atoms with van der Waals surface area (Å²) in [7, 11) is -3.12. The lowest BCUT2D eigenvalue weighted by molar-refractivity contribution is 0.559. The van der Waals surface area contributed by atoms with E-state index in [1.165, 1.54) is 6.26 Å². The van der Waals surface area contributed by atoms with Crippen LogP contribution in [0, 0.1) is 0 Å². The summed E-state index contributed by atoms with van der Waals surface area (Å²) in [6.07, 6.45) is 1.22. The van der Waals surface area contributed by atoms with Crippen LogP contribution >= 0.6 is 0 Å². The highest BCUT2D eigenvalue weighted by molar-refractivity contribution is 7.92. The number of hydrogen-bond acceptors (Lipinski definition) is 6. The summed E-state index contributed by atoms with van der Waals surface area (Å²) in [6.45, 7) is 3.62. The Morgan fingerprint density at radius 3 is 2.47 bits per heavy atom. The van der Waals surface area contributed by atoms with Gasteiger partial charge in [-0.1, -0.05) is 6.07 Å². The zero-order valence-electron chi connectivity index (χ0n) is 10.2. The fraction of sp³-hybridized carbons (Fsp3) is 0.500. The molecule has 17 heavy (non-hydrogen) atoms. The Bertz CT molecular complexity index is 485. The van der Waals surface area contributed by atoms with Crippen molar-refractivity contribution < 1.29 is 8.42 Å². The molecule has 1 aromatic rings. The van der Waals surface area contributed by atoms with E-state index in [1.807, 2.05) is 0 Å². The zero-order chi connectivity index (χ0) is 13.1. The number of aromatic nitrogens is 1. The van der Waals surface area contributed by atoms with Gasteiger partial charge in [-0.05, 0) is 26.0 Å². The van der Waals surface area contributed by atoms with Gasteiger partial charge in [0.05, 0.1) is 4.75 Å². The molecule has 6 nitrogen and oxygen atoms in total. The number of hydrazine groups is 1. The number of rotatable bonds is 5. The summed E-state index contributed by atoms with van der Waals surface area (Å²) in [6, 6.07) is 5.24. The number of hydrogen-bond donors (Lipinski definition) is 3. The van der Waals surface area contributed by atoms with E-state index in [0.717, 1.165) is 0 Å². The molecule has 0 aromatic carbocycles. The van der Waals surface area contributed by atoms with Crippen LogP contribution < -0.4 is 16.6 Å². The number of nitrogens with one attached hydrogen (secondary N) is 2. The number of nitrogens with two attached hydrogens (primary N) is 1. The summed E-state index contributed by atoms with van der Waals surface area (Å²) in [5, 5.41) is 2.98. The van der Waals surface area contributed by atoms with E-state index < -0.39 is 14.6 Å². The van der Waals surface area contributed by atoms with E-state index >= 15 is 0 Å². The quantitative estimate of drug-likeness (QED) is 0.528. The molecule has 1 aromatic heterocycles. The van der Waals surface area contributed by atoms with E-state index in [9.17, 15) is 8.42 Å². The monoisotopic (exact) mass is 258 g/mol. The number of pyridine rings is 1. The fourth-order valence-electron chi connectivity index (χ4n) is 1.05. The summed E-state index contributed by atoms with van der Waals surface area (Å²) in [4.78, 5) is 4.13. The third kappa shape index (κ3) is 3.57. The summed E-state index contributed by atoms with van der Waals surface area (Å²) in [5.74, 6) is 6.33. The maximum absolute atomic E-state index is 11.5. The molecule has 0 aliphatic rings. The molecule has 7 heteroatoms. The average Bonchev–Trinajstić information content (AvgIpc) is 2.25. The van der Waals surface area contributed by atoms with Crippen molar-refractivity contribution in [2.45, 2.75) is 18.6 Å². The Kier molecular flexibility index (Phi) is 3.94. The normalized spacial score (nSPS) is 12.2. The topological polar surface area (TPSA) is 97.1 Å². The number of anilines is 2. The van der Waals surface area contributed by atoms with Gasteiger partial charge in [-0.25, -0.2) is 19.2 Å². The third-order valence-corrected chi connectivity index (χ3v) is 4.75. The minimum Gasteiger partial charge on any atom is -0.368 e. The van der Waals surface area contributed by atoms with Gasteiger partial charge in [0.25, 0.3) is 0 Å². The molecule has 1 rings (SSSR count). The number of nitrogen functional groups attached to an aromatic ring is 1. The molecular weight excluding hydrogens is 240 g/mol. The van der Waals surface area contributed by atoms with Crippen LogP contribution in [-0.4, -0.2) is 30.9 Å². The number of nitrogens with zero attached hydrogens (tertiary/aromatic N) is 1. The van der Waals surface area contributed by atoms with Gasteiger partial charge < -0.3 is 10.7 Å². The highest BCUT2D eigenvalue weighted by atomic mass is 32.2. The standard InChI is InChI=1S/C10H18N4O2S/c1-10(2,17(3,15)16)7-12-8-5-4-6-9(13-8)14-11/h4-6H,7,11H2,1-3H3,(H2,12,13,14). The van der Waals surface area contributed by atoms with Gasteiger partial charge in [-0.15, -0.1) is 0 Å². The van der Waals surface area contributed by atoms with Gasteiger partial charge >= 0.3 is 0 Å². The van der Waals surface area contributed by atoms with Crippen molar-refractivity contribution in [2.24, 2.45) is 5.84 Å². The molecule has 0 spiro atoms. The smallest absolute Gasteiger partial charge is 0.154 e. The lowest BCUT2D eigenvalue weighted by Crippen LogP contribution is -2.38. The zero-order valence-corrected chi connectivity index (χ0v) is 11.0. The first-order valence-electron chi connectivity index (χ1n) is 5.13. The summed E-state index contributed by atoms with van der Waals surface area (Å²) >= 11 is 0. The first-order valence-corrected chi connectivity index (χ1v) is 7.02. The Hall–Kier alpha value is -1.34. The molecule has 96 valence electrons. The molecule has 0 saturated heterocycles. The highest BCUT2D eigenvalue weighted by Gasteiger charge is 2.29. The minimum absolute atomic E-state index is 0.285. The van der Waals surface area contributed by atoms with Crippen molar-refractivity contribution in [1.29, 1.82) is 0 Å². The van der Waals surface area contributed by atoms with Crippen LogP contribution in [0.1, 0.15) is 13.8 Å². The second-order valence-electron chi connectivity index (χ2n) is 4.44. The van der Waals surface area contributed by atoms with Crippen molar-refractivity contribution >= 4 is 21.5 Å². The van der Waals surface area contributed by atoms with Gasteiger partial charge in [-0.3, -0.25) is 0 Å². The Balaban J connectivity index is 2.74. The molecule has 0 bridgehead atoms. The Labute approximate surface area is 102 Å². The van der Waals surface area contributed by atoms with Gasteiger partial charge in [0.2, 0.25) is 0 Å². The van der Waals surface area contributed by atoms with E-state index in [2.05, 4.69) is 15.7 Å². The SMILES string of the molecule is CC(C)(CNc1cccc(NN)n1)S(C)(=O)=O. The molecule has 0 aliphatic heterocycles. The van der Waals surface area contributed by atoms with Gasteiger partial charge in [0.15, 0.2) is 9.84 Å². The lowest BCUT2D eigenvalue weighted by Gasteiger charge is -2.23. The molecular formula is C10H18N4O2S. The van der Waals surface area contributed by atoms with Crippen LogP contribution in [0.3, 0.4) is 0 Å². The molecule has 0 unspecified atom stereocenters. The second kappa shape index (κ2) is 4.89. The maximum Gasteiger partial charge on any atom is 0.154 e. The van der Waals surface area contributed by atoms with Crippen LogP contribution in [-0.2, 0) is 9.84 Å². The fourth-order valence-corrected chi connectivity index (χ4v) is 1.38. The van der Waals surface area contributed by atoms with Crippen LogP contribution in [0.5, 0.6) is 0 Å². The van der Waals surface area contributed by atoms with E-state index in [4.69, 9.17) is 5.84 Å². The first kappa shape index (κ1) is 13.7. The molecule has 4 N–H and O–H groups in total. The van der Waals surface area contributed by atoms with Crippen LogP contribution in [0.2, 0.25) is 0 Å². The van der Waals surface area contributed by atoms with Gasteiger partial charge in [0, 0.05) is 12.8 Å². The van der Waals surface area contributed by atoms with Crippen molar-refractivity contribution in [3.63, 3.8) is 0 Å². The third-order valence-electron chi connectivity index (χ3n) is 2.60. The number of sulfone groups is 1. The van der Waals surface area contributed by atoms with Crippen molar-refractivity contribution in [3.8, 4) is 0 Å². The van der Waals surface area contributed by atoms with Crippen molar-refractivity contribution in [2.75, 3.05) is 23.5 Å². The van der Waals surface area contributed by atoms with Crippen LogP contribution in [0.4, 0.5) is 11.6 Å². The van der Waals surface area contributed by atoms with Crippen molar-refractivity contribution in [1.82, 2.24) is 4.98 Å². The van der Waals surface area contributed by atoms with Crippen LogP contribution in [0.25, 0.3) is 0 Å². The predicted octanol–water partition coefficient (Wildman–Crippen LogP) is 0.602. The Morgan fingerprint density at radius 1 is 1.35 bits per heavy atom. The molecule has 1 heterocycles. The van der Waals surface area contributed by atoms with E-state index in [1.54, 1.807) is 32.0 Å². The van der Waals surface area contributed by atoms with Crippen molar-refractivity contribution in [3.05, 3.63) is 18.2 Å². The maximum atomic E-state index is 11.5. The molecule has 0 amide bonds. The molecule has 0 fully saturated rings. The van der Waals surface area contributed by atoms with Crippen LogP contribution in [0.15, 0.2) is 18.2 Å². The largest absolute Gasteiger partial charge is 0.368 e. The molecule has 0 aliphatic carbocycles. The van der Waals surface area contributed by atoms with E-state index in [0.29, 0.717) is 11.6 Å². The second-order valence-corrected chi connectivity index (χ2v) is 7.09. The first-order chi connectivity index (χ1) is 7.76. The predicted molar refractivity (Wildman–Crippen MR) is 69.5 cm³/mol. The summed E-state index contributed by atoms with van der Waals surface area (Å²) in [5.41, 5.74) is 2.43. The average molecular weight is 258 g/mol. The summed E-state index contributed by atoms with van der Waals surface area (Å²) < 4.78 is 22.2. The van der Waals surface area contributed by atoms with Gasteiger partial charge in [0.1, 0.15) is 11.6 Å². The molecule has 0 saturated carbocycles. The lowest BCUT2D eigenvalue weighted by atomic mass is 10.2. The molecule has 0 radical (unpaired) electrons. The Morgan fingerprint density at radius 2 is 1.94 bits per heavy atom. The molecule has 0 atom stereocenters. The van der Waals surface area contributed by atoms with Gasteiger partial charge in [-0.2, -0.15) is 0 Å². The van der Waals surface area contributed by atoms with E-state index in [-0.39, 0.29) is 6.54 Å². The minimum atomic E-state index is -3.12. The highest BCUT2D eigenvalue weighted by Crippen LogP contribution is 2.16.